The van der Waals surface area contributed by atoms with E-state index in [1.54, 1.807) is 0 Å². The molecule has 1 aliphatic rings. The first-order valence-electron chi connectivity index (χ1n) is 7.13. The average molecular weight is 333 g/mol. The maximum atomic E-state index is 12.6. The van der Waals surface area contributed by atoms with Crippen LogP contribution in [0.15, 0.2) is 11.0 Å². The second-order valence-corrected chi connectivity index (χ2v) is 7.44. The van der Waals surface area contributed by atoms with Crippen molar-refractivity contribution < 1.29 is 8.42 Å². The van der Waals surface area contributed by atoms with Crippen LogP contribution >= 0.6 is 12.4 Å². The van der Waals surface area contributed by atoms with E-state index in [4.69, 9.17) is 0 Å². The molecule has 120 valence electrons. The lowest BCUT2D eigenvalue weighted by atomic mass is 10.0. The van der Waals surface area contributed by atoms with Crippen LogP contribution < -0.4 is 10.0 Å². The van der Waals surface area contributed by atoms with Crippen molar-refractivity contribution in [2.75, 3.05) is 13.1 Å². The second-order valence-electron chi connectivity index (χ2n) is 5.73. The van der Waals surface area contributed by atoms with E-state index < -0.39 is 10.0 Å². The number of benzene rings is 1. The zero-order chi connectivity index (χ0) is 14.9. The Balaban J connectivity index is 0.00000220. The fourth-order valence-corrected chi connectivity index (χ4v) is 4.49. The van der Waals surface area contributed by atoms with Gasteiger partial charge < -0.3 is 5.32 Å². The van der Waals surface area contributed by atoms with Crippen LogP contribution in [-0.4, -0.2) is 27.5 Å². The molecule has 21 heavy (non-hydrogen) atoms. The monoisotopic (exact) mass is 332 g/mol. The molecule has 1 aromatic rings. The summed E-state index contributed by atoms with van der Waals surface area (Å²) in [5.41, 5.74) is 3.74. The molecule has 1 saturated heterocycles. The molecule has 0 amide bonds. The maximum Gasteiger partial charge on any atom is 0.241 e. The largest absolute Gasteiger partial charge is 0.313 e. The molecule has 1 aliphatic heterocycles. The second kappa shape index (κ2) is 7.09. The molecule has 0 radical (unpaired) electrons. The van der Waals surface area contributed by atoms with Gasteiger partial charge in [-0.05, 0) is 69.3 Å². The van der Waals surface area contributed by atoms with Crippen LogP contribution in [-0.2, 0) is 10.0 Å². The average Bonchev–Trinajstić information content (AvgIpc) is 2.87. The molecule has 4 nitrogen and oxygen atoms in total. The third-order valence-corrected chi connectivity index (χ3v) is 5.94. The van der Waals surface area contributed by atoms with E-state index in [0.717, 1.165) is 41.6 Å². The number of hydrogen-bond acceptors (Lipinski definition) is 3. The summed E-state index contributed by atoms with van der Waals surface area (Å²) < 4.78 is 28.0. The highest BCUT2D eigenvalue weighted by Crippen LogP contribution is 2.25. The van der Waals surface area contributed by atoms with Gasteiger partial charge >= 0.3 is 0 Å². The molecule has 0 aliphatic carbocycles. The van der Waals surface area contributed by atoms with Crippen LogP contribution in [0.2, 0.25) is 0 Å². The standard InChI is InChI=1S/C15H24N2O2S.ClH/c1-10-8-11(2)13(4)15(12(10)3)20(18,19)17-9-14-6-5-7-16-14;/h8,14,16-17H,5-7,9H2,1-4H3;1H. The molecule has 1 aromatic carbocycles. The Morgan fingerprint density at radius 3 is 2.24 bits per heavy atom. The third kappa shape index (κ3) is 3.97. The zero-order valence-electron chi connectivity index (χ0n) is 13.1. The molecule has 0 saturated carbocycles. The molecular weight excluding hydrogens is 308 g/mol. The van der Waals surface area contributed by atoms with Crippen molar-refractivity contribution in [1.82, 2.24) is 10.0 Å². The van der Waals surface area contributed by atoms with E-state index in [1.807, 2.05) is 33.8 Å². The van der Waals surface area contributed by atoms with Crippen LogP contribution in [0.25, 0.3) is 0 Å². The molecule has 0 bridgehead atoms. The molecule has 0 spiro atoms. The van der Waals surface area contributed by atoms with E-state index in [9.17, 15) is 8.42 Å². The van der Waals surface area contributed by atoms with Crippen molar-refractivity contribution in [2.24, 2.45) is 0 Å². The maximum absolute atomic E-state index is 12.6. The van der Waals surface area contributed by atoms with Crippen molar-refractivity contribution >= 4 is 22.4 Å². The van der Waals surface area contributed by atoms with Gasteiger partial charge in [-0.2, -0.15) is 0 Å². The van der Waals surface area contributed by atoms with Crippen molar-refractivity contribution in [2.45, 2.75) is 51.5 Å². The number of rotatable bonds is 4. The quantitative estimate of drug-likeness (QED) is 0.890. The van der Waals surface area contributed by atoms with Gasteiger partial charge in [-0.1, -0.05) is 6.07 Å². The first-order valence-corrected chi connectivity index (χ1v) is 8.61. The fraction of sp³-hybridized carbons (Fsp3) is 0.600. The van der Waals surface area contributed by atoms with Gasteiger partial charge in [0.2, 0.25) is 10.0 Å². The summed E-state index contributed by atoms with van der Waals surface area (Å²) in [6, 6.07) is 2.30. The molecule has 1 heterocycles. The Bertz CT molecular complexity index is 582. The lowest BCUT2D eigenvalue weighted by Crippen LogP contribution is -2.37. The van der Waals surface area contributed by atoms with Gasteiger partial charge in [0.1, 0.15) is 0 Å². The predicted molar refractivity (Wildman–Crippen MR) is 88.9 cm³/mol. The van der Waals surface area contributed by atoms with Crippen molar-refractivity contribution in [3.63, 3.8) is 0 Å². The fourth-order valence-electron chi connectivity index (χ4n) is 2.80. The molecule has 1 fully saturated rings. The first-order chi connectivity index (χ1) is 9.33. The smallest absolute Gasteiger partial charge is 0.241 e. The molecule has 1 unspecified atom stereocenters. The van der Waals surface area contributed by atoms with Gasteiger partial charge in [-0.3, -0.25) is 0 Å². The van der Waals surface area contributed by atoms with Gasteiger partial charge in [0.05, 0.1) is 4.90 Å². The molecule has 6 heteroatoms. The summed E-state index contributed by atoms with van der Waals surface area (Å²) in [6.45, 7) is 9.12. The minimum Gasteiger partial charge on any atom is -0.313 e. The minimum atomic E-state index is -3.44. The molecule has 2 N–H and O–H groups in total. The Hall–Kier alpha value is -0.620. The molecule has 0 aromatic heterocycles. The van der Waals surface area contributed by atoms with Crippen LogP contribution in [0.1, 0.15) is 35.1 Å². The summed E-state index contributed by atoms with van der Waals surface area (Å²) in [5.74, 6) is 0. The Labute approximate surface area is 134 Å². The van der Waals surface area contributed by atoms with Gasteiger partial charge in [0.25, 0.3) is 0 Å². The van der Waals surface area contributed by atoms with E-state index in [0.29, 0.717) is 11.4 Å². The van der Waals surface area contributed by atoms with Crippen molar-refractivity contribution in [3.8, 4) is 0 Å². The van der Waals surface area contributed by atoms with Crippen molar-refractivity contribution in [3.05, 3.63) is 28.3 Å². The van der Waals surface area contributed by atoms with E-state index >= 15 is 0 Å². The van der Waals surface area contributed by atoms with Gasteiger partial charge in [0, 0.05) is 12.6 Å². The highest BCUT2D eigenvalue weighted by molar-refractivity contribution is 7.89. The Morgan fingerprint density at radius 2 is 1.76 bits per heavy atom. The Morgan fingerprint density at radius 1 is 1.19 bits per heavy atom. The number of sulfonamides is 1. The molecule has 2 rings (SSSR count). The third-order valence-electron chi connectivity index (χ3n) is 4.25. The summed E-state index contributed by atoms with van der Waals surface area (Å²) in [6.07, 6.45) is 2.15. The SMILES string of the molecule is Cc1cc(C)c(C)c(S(=O)(=O)NCC2CCCN2)c1C.Cl. The highest BCUT2D eigenvalue weighted by atomic mass is 35.5. The normalized spacial score (nSPS) is 18.6. The lowest BCUT2D eigenvalue weighted by molar-refractivity contribution is 0.550. The van der Waals surface area contributed by atoms with Crippen LogP contribution in [0.3, 0.4) is 0 Å². The van der Waals surface area contributed by atoms with Crippen molar-refractivity contribution in [1.29, 1.82) is 0 Å². The minimum absolute atomic E-state index is 0. The van der Waals surface area contributed by atoms with Gasteiger partial charge in [0.15, 0.2) is 0 Å². The van der Waals surface area contributed by atoms with Crippen LogP contribution in [0.4, 0.5) is 0 Å². The molecular formula is C15H25ClN2O2S. The van der Waals surface area contributed by atoms with E-state index in [2.05, 4.69) is 10.0 Å². The summed E-state index contributed by atoms with van der Waals surface area (Å²) in [7, 11) is -3.44. The number of hydrogen-bond donors (Lipinski definition) is 2. The predicted octanol–water partition coefficient (Wildman–Crippen LogP) is 2.37. The summed E-state index contributed by atoms with van der Waals surface area (Å²) in [5, 5.41) is 3.31. The van der Waals surface area contributed by atoms with E-state index in [-0.39, 0.29) is 18.4 Å². The zero-order valence-corrected chi connectivity index (χ0v) is 14.7. The van der Waals surface area contributed by atoms with E-state index in [1.165, 1.54) is 0 Å². The first kappa shape index (κ1) is 18.4. The highest BCUT2D eigenvalue weighted by Gasteiger charge is 2.23. The summed E-state index contributed by atoms with van der Waals surface area (Å²) >= 11 is 0. The van der Waals surface area contributed by atoms with Crippen LogP contribution in [0.5, 0.6) is 0 Å². The van der Waals surface area contributed by atoms with Crippen LogP contribution in [0, 0.1) is 27.7 Å². The Kier molecular flexibility index (Phi) is 6.23. The summed E-state index contributed by atoms with van der Waals surface area (Å²) in [4.78, 5) is 0.452. The van der Waals surface area contributed by atoms with Gasteiger partial charge in [-0.25, -0.2) is 13.1 Å². The number of halogens is 1. The lowest BCUT2D eigenvalue weighted by Gasteiger charge is -2.17. The number of aryl methyl sites for hydroxylation is 2. The molecule has 1 atom stereocenters. The topological polar surface area (TPSA) is 58.2 Å². The number of nitrogens with one attached hydrogen (secondary N) is 2. The van der Waals surface area contributed by atoms with Gasteiger partial charge in [-0.15, -0.1) is 12.4 Å².